The SMILES string of the molecule is CCCCCCCCCCCCCCCCCC(=O)NC(COP(=O)(O)OCCN)C(O)CCCCCCCCCCCCCCCCC. The van der Waals surface area contributed by atoms with Crippen molar-refractivity contribution in [3.05, 3.63) is 0 Å². The topological polar surface area (TPSA) is 131 Å². The molecule has 0 saturated heterocycles. The van der Waals surface area contributed by atoms with E-state index in [1.165, 1.54) is 154 Å². The molecule has 0 bridgehead atoms. The van der Waals surface area contributed by atoms with Crippen LogP contribution in [0.25, 0.3) is 0 Å². The van der Waals surface area contributed by atoms with Crippen molar-refractivity contribution in [2.24, 2.45) is 5.73 Å². The number of phosphoric acid groups is 1. The highest BCUT2D eigenvalue weighted by molar-refractivity contribution is 7.47. The zero-order valence-corrected chi connectivity index (χ0v) is 33.3. The minimum absolute atomic E-state index is 0.0924. The Bertz CT molecular complexity index is 744. The van der Waals surface area contributed by atoms with Crippen LogP contribution in [0.1, 0.15) is 219 Å². The molecule has 0 aromatic rings. The Morgan fingerprint density at radius 3 is 1.31 bits per heavy atom. The first-order valence-electron chi connectivity index (χ1n) is 21.2. The average Bonchev–Trinajstić information content (AvgIpc) is 3.09. The summed E-state index contributed by atoms with van der Waals surface area (Å²) >= 11 is 0. The van der Waals surface area contributed by atoms with E-state index in [4.69, 9.17) is 14.8 Å². The molecule has 0 aliphatic rings. The molecule has 0 fully saturated rings. The first-order valence-corrected chi connectivity index (χ1v) is 22.6. The van der Waals surface area contributed by atoms with Gasteiger partial charge in [0, 0.05) is 13.0 Å². The van der Waals surface area contributed by atoms with Crippen LogP contribution < -0.4 is 11.1 Å². The quantitative estimate of drug-likeness (QED) is 0.0366. The Kier molecular flexibility index (Phi) is 36.9. The molecule has 0 spiro atoms. The fourth-order valence-electron chi connectivity index (χ4n) is 6.49. The van der Waals surface area contributed by atoms with Gasteiger partial charge in [0.1, 0.15) is 0 Å². The lowest BCUT2D eigenvalue weighted by Gasteiger charge is -2.25. The molecule has 0 aliphatic carbocycles. The maximum Gasteiger partial charge on any atom is 0.472 e. The monoisotopic (exact) mass is 719 g/mol. The third kappa shape index (κ3) is 35.7. The van der Waals surface area contributed by atoms with E-state index >= 15 is 0 Å². The van der Waals surface area contributed by atoms with Crippen LogP contribution in [0.5, 0.6) is 0 Å². The first-order chi connectivity index (χ1) is 23.9. The Hall–Kier alpha value is -0.500. The summed E-state index contributed by atoms with van der Waals surface area (Å²) in [4.78, 5) is 22.7. The number of carbonyl (C=O) groups excluding carboxylic acids is 1. The van der Waals surface area contributed by atoms with Crippen LogP contribution in [0.2, 0.25) is 0 Å². The van der Waals surface area contributed by atoms with E-state index in [2.05, 4.69) is 19.2 Å². The van der Waals surface area contributed by atoms with Crippen LogP contribution in [-0.4, -0.2) is 47.8 Å². The van der Waals surface area contributed by atoms with Crippen LogP contribution in [0, 0.1) is 0 Å². The van der Waals surface area contributed by atoms with Crippen LogP contribution in [-0.2, 0) is 18.4 Å². The van der Waals surface area contributed by atoms with Gasteiger partial charge in [-0.15, -0.1) is 0 Å². The number of nitrogens with one attached hydrogen (secondary N) is 1. The number of aliphatic hydroxyl groups excluding tert-OH is 1. The lowest BCUT2D eigenvalue weighted by Crippen LogP contribution is -2.46. The molecular weight excluding hydrogens is 635 g/mol. The maximum atomic E-state index is 12.7. The van der Waals surface area contributed by atoms with Gasteiger partial charge in [-0.2, -0.15) is 0 Å². The molecular formula is C40H83N2O6P. The van der Waals surface area contributed by atoms with Crippen LogP contribution in [0.3, 0.4) is 0 Å². The van der Waals surface area contributed by atoms with Gasteiger partial charge >= 0.3 is 7.82 Å². The van der Waals surface area contributed by atoms with Crippen molar-refractivity contribution < 1.29 is 28.4 Å². The smallest absolute Gasteiger partial charge is 0.391 e. The van der Waals surface area contributed by atoms with Crippen molar-refractivity contribution in [2.75, 3.05) is 19.8 Å². The normalized spacial score (nSPS) is 14.1. The number of unbranched alkanes of at least 4 members (excludes halogenated alkanes) is 28. The second-order valence-corrected chi connectivity index (χ2v) is 16.0. The Morgan fingerprint density at radius 2 is 0.939 bits per heavy atom. The highest BCUT2D eigenvalue weighted by atomic mass is 31.2. The van der Waals surface area contributed by atoms with E-state index in [1.54, 1.807) is 0 Å². The second kappa shape index (κ2) is 37.3. The number of hydrogen-bond acceptors (Lipinski definition) is 6. The van der Waals surface area contributed by atoms with Gasteiger partial charge in [0.15, 0.2) is 0 Å². The summed E-state index contributed by atoms with van der Waals surface area (Å²) in [7, 11) is -4.31. The lowest BCUT2D eigenvalue weighted by molar-refractivity contribution is -0.123. The van der Waals surface area contributed by atoms with Crippen molar-refractivity contribution in [1.29, 1.82) is 0 Å². The predicted molar refractivity (Wildman–Crippen MR) is 208 cm³/mol. The Labute approximate surface area is 303 Å². The van der Waals surface area contributed by atoms with Crippen molar-refractivity contribution in [3.63, 3.8) is 0 Å². The predicted octanol–water partition coefficient (Wildman–Crippen LogP) is 11.4. The summed E-state index contributed by atoms with van der Waals surface area (Å²) in [6, 6.07) is -0.766. The minimum Gasteiger partial charge on any atom is -0.391 e. The number of aliphatic hydroxyl groups is 1. The molecule has 9 heteroatoms. The fourth-order valence-corrected chi connectivity index (χ4v) is 7.25. The molecule has 0 aromatic heterocycles. The van der Waals surface area contributed by atoms with Gasteiger partial charge in [-0.05, 0) is 12.8 Å². The molecule has 0 saturated carbocycles. The molecule has 5 N–H and O–H groups in total. The van der Waals surface area contributed by atoms with Crippen molar-refractivity contribution >= 4 is 13.7 Å². The van der Waals surface area contributed by atoms with Crippen LogP contribution >= 0.6 is 7.82 Å². The summed E-state index contributed by atoms with van der Waals surface area (Å²) in [5.74, 6) is -0.158. The molecule has 0 aliphatic heterocycles. The highest BCUT2D eigenvalue weighted by Gasteiger charge is 2.27. The molecule has 0 heterocycles. The molecule has 8 nitrogen and oxygen atoms in total. The summed E-state index contributed by atoms with van der Waals surface area (Å²) < 4.78 is 22.2. The standard InChI is InChI=1S/C40H83N2O6P/c1-3-5-7-9-11-13-15-17-19-21-23-25-27-29-31-33-39(43)38(37-48-49(45,46)47-36-35-41)42-40(44)34-32-30-28-26-24-22-20-18-16-14-12-10-8-6-4-2/h38-39,43H,3-37,41H2,1-2H3,(H,42,44)(H,45,46). The number of rotatable bonds is 40. The lowest BCUT2D eigenvalue weighted by atomic mass is 10.0. The molecule has 3 atom stereocenters. The number of carbonyl (C=O) groups is 1. The molecule has 3 unspecified atom stereocenters. The Balaban J connectivity index is 4.15. The van der Waals surface area contributed by atoms with Crippen LogP contribution in [0.15, 0.2) is 0 Å². The number of amides is 1. The summed E-state index contributed by atoms with van der Waals surface area (Å²) in [6.07, 6.45) is 38.1. The number of nitrogens with two attached hydrogens (primary N) is 1. The minimum atomic E-state index is -4.31. The van der Waals surface area contributed by atoms with E-state index in [0.29, 0.717) is 12.8 Å². The van der Waals surface area contributed by atoms with Crippen molar-refractivity contribution in [1.82, 2.24) is 5.32 Å². The molecule has 294 valence electrons. The molecule has 0 aromatic carbocycles. The van der Waals surface area contributed by atoms with Gasteiger partial charge in [-0.1, -0.05) is 200 Å². The fraction of sp³-hybridized carbons (Fsp3) is 0.975. The van der Waals surface area contributed by atoms with Crippen LogP contribution in [0.4, 0.5) is 0 Å². The summed E-state index contributed by atoms with van der Waals surface area (Å²) in [5, 5.41) is 13.8. The zero-order chi connectivity index (χ0) is 36.1. The third-order valence-electron chi connectivity index (χ3n) is 9.71. The number of hydrogen-bond donors (Lipinski definition) is 4. The zero-order valence-electron chi connectivity index (χ0n) is 32.5. The summed E-state index contributed by atoms with van der Waals surface area (Å²) in [6.45, 7) is 4.23. The van der Waals surface area contributed by atoms with Crippen molar-refractivity contribution in [2.45, 2.75) is 231 Å². The van der Waals surface area contributed by atoms with E-state index in [1.807, 2.05) is 0 Å². The molecule has 0 rings (SSSR count). The maximum absolute atomic E-state index is 12.7. The summed E-state index contributed by atoms with van der Waals surface area (Å²) in [5.41, 5.74) is 5.37. The highest BCUT2D eigenvalue weighted by Crippen LogP contribution is 2.43. The van der Waals surface area contributed by atoms with Gasteiger partial charge in [0.25, 0.3) is 0 Å². The molecule has 1 amide bonds. The van der Waals surface area contributed by atoms with E-state index in [0.717, 1.165) is 38.5 Å². The first kappa shape index (κ1) is 48.5. The third-order valence-corrected chi connectivity index (χ3v) is 10.7. The van der Waals surface area contributed by atoms with E-state index in [9.17, 15) is 19.4 Å². The van der Waals surface area contributed by atoms with Gasteiger partial charge < -0.3 is 21.1 Å². The molecule has 49 heavy (non-hydrogen) atoms. The average molecular weight is 719 g/mol. The Morgan fingerprint density at radius 1 is 0.592 bits per heavy atom. The van der Waals surface area contributed by atoms with Gasteiger partial charge in [-0.3, -0.25) is 13.8 Å². The number of phosphoric ester groups is 1. The van der Waals surface area contributed by atoms with Gasteiger partial charge in [0.2, 0.25) is 5.91 Å². The van der Waals surface area contributed by atoms with E-state index < -0.39 is 20.0 Å². The van der Waals surface area contributed by atoms with E-state index in [-0.39, 0.29) is 25.7 Å². The van der Waals surface area contributed by atoms with Gasteiger partial charge in [-0.25, -0.2) is 4.57 Å². The largest absolute Gasteiger partial charge is 0.472 e. The van der Waals surface area contributed by atoms with Crippen molar-refractivity contribution in [3.8, 4) is 0 Å². The molecule has 0 radical (unpaired) electrons. The second-order valence-electron chi connectivity index (χ2n) is 14.6. The van der Waals surface area contributed by atoms with Gasteiger partial charge in [0.05, 0.1) is 25.4 Å².